The van der Waals surface area contributed by atoms with E-state index in [1.165, 1.54) is 25.3 Å². The number of carboxylic acid groups (broad SMARTS) is 1. The lowest BCUT2D eigenvalue weighted by Crippen LogP contribution is -2.30. The third kappa shape index (κ3) is 3.29. The molecule has 1 N–H and O–H groups in total. The fraction of sp³-hybridized carbons (Fsp3) is 0.462. The quantitative estimate of drug-likeness (QED) is 0.804. The number of carboxylic acids is 1. The van der Waals surface area contributed by atoms with Gasteiger partial charge in [0, 0.05) is 37.6 Å². The lowest BCUT2D eigenvalue weighted by molar-refractivity contribution is -0.131. The van der Waals surface area contributed by atoms with Gasteiger partial charge in [0.25, 0.3) is 0 Å². The van der Waals surface area contributed by atoms with Crippen molar-refractivity contribution in [3.63, 3.8) is 0 Å². The lowest BCUT2D eigenvalue weighted by atomic mass is 9.85. The van der Waals surface area contributed by atoms with Crippen LogP contribution in [0, 0.1) is 5.92 Å². The van der Waals surface area contributed by atoms with Crippen LogP contribution in [-0.2, 0) is 4.79 Å². The molecule has 0 amide bonds. The first-order chi connectivity index (χ1) is 8.65. The van der Waals surface area contributed by atoms with Crippen LogP contribution in [0.4, 0.5) is 5.95 Å². The molecule has 0 spiro atoms. The molecule has 1 aliphatic rings. The van der Waals surface area contributed by atoms with Gasteiger partial charge in [-0.05, 0) is 24.8 Å². The number of hydrogen-bond acceptors (Lipinski definition) is 4. The summed E-state index contributed by atoms with van der Waals surface area (Å²) < 4.78 is 0. The van der Waals surface area contributed by atoms with Crippen LogP contribution in [0.3, 0.4) is 0 Å². The van der Waals surface area contributed by atoms with Crippen LogP contribution in [0.25, 0.3) is 6.08 Å². The zero-order valence-electron chi connectivity index (χ0n) is 10.4. The van der Waals surface area contributed by atoms with Crippen LogP contribution in [0.5, 0.6) is 0 Å². The highest BCUT2D eigenvalue weighted by Gasteiger charge is 2.19. The Hall–Kier alpha value is -1.91. The summed E-state index contributed by atoms with van der Waals surface area (Å²) in [6.07, 6.45) is 9.76. The Balaban J connectivity index is 1.95. The van der Waals surface area contributed by atoms with Crippen LogP contribution in [0.2, 0.25) is 0 Å². The predicted molar refractivity (Wildman–Crippen MR) is 69.3 cm³/mol. The van der Waals surface area contributed by atoms with Crippen LogP contribution in [-0.4, -0.2) is 34.6 Å². The smallest absolute Gasteiger partial charge is 0.328 e. The summed E-state index contributed by atoms with van der Waals surface area (Å²) in [7, 11) is 1.99. The van der Waals surface area contributed by atoms with Crippen LogP contribution in [0.15, 0.2) is 18.5 Å². The Morgan fingerprint density at radius 1 is 1.50 bits per heavy atom. The molecule has 1 heterocycles. The van der Waals surface area contributed by atoms with Gasteiger partial charge in [-0.2, -0.15) is 0 Å². The molecule has 1 aromatic heterocycles. The number of anilines is 1. The maximum Gasteiger partial charge on any atom is 0.328 e. The van der Waals surface area contributed by atoms with E-state index in [1.54, 1.807) is 12.4 Å². The van der Waals surface area contributed by atoms with E-state index in [0.29, 0.717) is 11.5 Å². The monoisotopic (exact) mass is 247 g/mol. The van der Waals surface area contributed by atoms with E-state index in [1.807, 2.05) is 7.05 Å². The summed E-state index contributed by atoms with van der Waals surface area (Å²) in [4.78, 5) is 20.9. The average Bonchev–Trinajstić information content (AvgIpc) is 2.31. The van der Waals surface area contributed by atoms with E-state index >= 15 is 0 Å². The molecule has 0 atom stereocenters. The Bertz CT molecular complexity index is 438. The van der Waals surface area contributed by atoms with Crippen LogP contribution in [0.1, 0.15) is 24.8 Å². The summed E-state index contributed by atoms with van der Waals surface area (Å²) in [6.45, 7) is 0.990. The van der Waals surface area contributed by atoms with Crippen molar-refractivity contribution in [2.24, 2.45) is 5.92 Å². The number of aromatic nitrogens is 2. The van der Waals surface area contributed by atoms with Gasteiger partial charge in [0.05, 0.1) is 0 Å². The standard InChI is InChI=1S/C13H17N3O2/c1-16(9-10-3-2-4-10)13-14-7-11(8-15-13)5-6-12(17)18/h5-8,10H,2-4,9H2,1H3,(H,17,18)/b6-5+. The molecule has 0 unspecified atom stereocenters. The second kappa shape index (κ2) is 5.62. The summed E-state index contributed by atoms with van der Waals surface area (Å²) in [5.41, 5.74) is 0.693. The topological polar surface area (TPSA) is 66.3 Å². The number of aliphatic carboxylic acids is 1. The Labute approximate surface area is 106 Å². The summed E-state index contributed by atoms with van der Waals surface area (Å²) in [5, 5.41) is 8.51. The van der Waals surface area contributed by atoms with E-state index in [-0.39, 0.29) is 0 Å². The average molecular weight is 247 g/mol. The molecule has 96 valence electrons. The molecule has 1 aromatic rings. The van der Waals surface area contributed by atoms with Gasteiger partial charge in [-0.25, -0.2) is 14.8 Å². The third-order valence-corrected chi connectivity index (χ3v) is 3.17. The minimum atomic E-state index is -0.971. The van der Waals surface area contributed by atoms with Gasteiger partial charge in [0.15, 0.2) is 0 Å². The van der Waals surface area contributed by atoms with Gasteiger partial charge >= 0.3 is 5.97 Å². The largest absolute Gasteiger partial charge is 0.478 e. The van der Waals surface area contributed by atoms with Crippen molar-refractivity contribution < 1.29 is 9.90 Å². The first-order valence-electron chi connectivity index (χ1n) is 6.09. The first-order valence-corrected chi connectivity index (χ1v) is 6.09. The Morgan fingerprint density at radius 2 is 2.17 bits per heavy atom. The summed E-state index contributed by atoms with van der Waals surface area (Å²) in [5.74, 6) is 0.487. The number of hydrogen-bond donors (Lipinski definition) is 1. The van der Waals surface area contributed by atoms with E-state index in [2.05, 4.69) is 14.9 Å². The van der Waals surface area contributed by atoms with Gasteiger partial charge < -0.3 is 10.0 Å². The normalized spacial score (nSPS) is 15.6. The number of carbonyl (C=O) groups is 1. The molecule has 0 radical (unpaired) electrons. The molecule has 0 bridgehead atoms. The SMILES string of the molecule is CN(CC1CCC1)c1ncc(/C=C/C(=O)O)cn1. The van der Waals surface area contributed by atoms with E-state index in [4.69, 9.17) is 5.11 Å². The molecule has 18 heavy (non-hydrogen) atoms. The van der Waals surface area contributed by atoms with E-state index in [0.717, 1.165) is 18.5 Å². The van der Waals surface area contributed by atoms with E-state index < -0.39 is 5.97 Å². The predicted octanol–water partition coefficient (Wildman–Crippen LogP) is 1.81. The number of nitrogens with zero attached hydrogens (tertiary/aromatic N) is 3. The minimum absolute atomic E-state index is 0.689. The maximum atomic E-state index is 10.4. The highest BCUT2D eigenvalue weighted by molar-refractivity contribution is 5.85. The van der Waals surface area contributed by atoms with Crippen LogP contribution >= 0.6 is 0 Å². The summed E-state index contributed by atoms with van der Waals surface area (Å²) >= 11 is 0. The molecule has 0 aromatic carbocycles. The van der Waals surface area contributed by atoms with Crippen molar-refractivity contribution in [1.82, 2.24) is 9.97 Å². The van der Waals surface area contributed by atoms with Gasteiger partial charge in [-0.3, -0.25) is 0 Å². The molecule has 2 rings (SSSR count). The Morgan fingerprint density at radius 3 is 2.67 bits per heavy atom. The molecule has 1 saturated carbocycles. The minimum Gasteiger partial charge on any atom is -0.478 e. The van der Waals surface area contributed by atoms with E-state index in [9.17, 15) is 4.79 Å². The molecule has 0 saturated heterocycles. The zero-order valence-corrected chi connectivity index (χ0v) is 10.4. The first kappa shape index (κ1) is 12.5. The summed E-state index contributed by atoms with van der Waals surface area (Å²) in [6, 6.07) is 0. The fourth-order valence-electron chi connectivity index (χ4n) is 1.93. The zero-order chi connectivity index (χ0) is 13.0. The third-order valence-electron chi connectivity index (χ3n) is 3.17. The molecular weight excluding hydrogens is 230 g/mol. The number of rotatable bonds is 5. The molecule has 5 heteroatoms. The van der Waals surface area contributed by atoms with Crippen molar-refractivity contribution >= 4 is 18.0 Å². The van der Waals surface area contributed by atoms with Gasteiger partial charge in [-0.1, -0.05) is 6.42 Å². The highest BCUT2D eigenvalue weighted by Crippen LogP contribution is 2.27. The van der Waals surface area contributed by atoms with Crippen molar-refractivity contribution in [2.75, 3.05) is 18.5 Å². The molecular formula is C13H17N3O2. The second-order valence-corrected chi connectivity index (χ2v) is 4.67. The van der Waals surface area contributed by atoms with Crippen molar-refractivity contribution in [2.45, 2.75) is 19.3 Å². The second-order valence-electron chi connectivity index (χ2n) is 4.67. The molecule has 1 fully saturated rings. The Kier molecular flexibility index (Phi) is 3.92. The highest BCUT2D eigenvalue weighted by atomic mass is 16.4. The van der Waals surface area contributed by atoms with Gasteiger partial charge in [-0.15, -0.1) is 0 Å². The van der Waals surface area contributed by atoms with Gasteiger partial charge in [0.1, 0.15) is 0 Å². The van der Waals surface area contributed by atoms with Crippen LogP contribution < -0.4 is 4.90 Å². The van der Waals surface area contributed by atoms with Crippen molar-refractivity contribution in [3.05, 3.63) is 24.0 Å². The van der Waals surface area contributed by atoms with Crippen molar-refractivity contribution in [3.8, 4) is 0 Å². The maximum absolute atomic E-state index is 10.4. The fourth-order valence-corrected chi connectivity index (χ4v) is 1.93. The molecule has 5 nitrogen and oxygen atoms in total. The van der Waals surface area contributed by atoms with Gasteiger partial charge in [0.2, 0.25) is 5.95 Å². The molecule has 1 aliphatic carbocycles. The lowest BCUT2D eigenvalue weighted by Gasteiger charge is -2.30. The molecule has 0 aliphatic heterocycles. The van der Waals surface area contributed by atoms with Crippen molar-refractivity contribution in [1.29, 1.82) is 0 Å².